The number of ether oxygens (including phenoxy) is 2. The van der Waals surface area contributed by atoms with Crippen molar-refractivity contribution in [2.45, 2.75) is 83.7 Å². The molecule has 0 saturated carbocycles. The first-order chi connectivity index (χ1) is 19.2. The van der Waals surface area contributed by atoms with E-state index in [4.69, 9.17) is 21.1 Å². The van der Waals surface area contributed by atoms with E-state index in [1.807, 2.05) is 36.4 Å². The molecule has 12 heteroatoms. The fourth-order valence-corrected chi connectivity index (χ4v) is 4.61. The molecule has 1 radical (unpaired) electrons. The van der Waals surface area contributed by atoms with Gasteiger partial charge in [-0.05, 0) is 71.5 Å². The molecule has 1 N–H and O–H groups in total. The van der Waals surface area contributed by atoms with Gasteiger partial charge in [0, 0.05) is 0 Å². The van der Waals surface area contributed by atoms with Crippen LogP contribution in [0.15, 0.2) is 48.8 Å². The SMILES string of the molecule is CC(C)(C)OC(=O)N(C(=O)OC(C)(C)C)[C@@H]1C=C[C@H](n2cnc3c([N][C@H](CO)Cc4ccccc4)nc(Cl)nc32)C1. The van der Waals surface area contributed by atoms with Gasteiger partial charge in [-0.25, -0.2) is 19.5 Å². The molecule has 3 aromatic rings. The lowest BCUT2D eigenvalue weighted by Crippen LogP contribution is -2.48. The Kier molecular flexibility index (Phi) is 8.89. The number of aliphatic hydroxyl groups is 1. The first kappa shape index (κ1) is 30.3. The highest BCUT2D eigenvalue weighted by molar-refractivity contribution is 6.28. The molecule has 2 amide bonds. The number of carbonyl (C=O) groups is 2. The Labute approximate surface area is 244 Å². The average Bonchev–Trinajstić information content (AvgIpc) is 3.49. The Morgan fingerprint density at radius 2 is 1.71 bits per heavy atom. The third kappa shape index (κ3) is 7.74. The molecule has 0 bridgehead atoms. The van der Waals surface area contributed by atoms with Gasteiger partial charge in [-0.1, -0.05) is 42.5 Å². The zero-order chi connectivity index (χ0) is 29.9. The molecule has 2 heterocycles. The zero-order valence-electron chi connectivity index (χ0n) is 24.1. The molecule has 0 fully saturated rings. The molecule has 11 nitrogen and oxygen atoms in total. The number of carbonyl (C=O) groups excluding carboxylic acids is 2. The fourth-order valence-electron chi connectivity index (χ4n) is 4.44. The number of rotatable bonds is 7. The Bertz CT molecular complexity index is 1380. The number of imidazole rings is 1. The van der Waals surface area contributed by atoms with Crippen LogP contribution in [0.25, 0.3) is 11.2 Å². The number of fused-ring (bicyclic) bond motifs is 1. The molecule has 2 aromatic heterocycles. The number of aromatic nitrogens is 4. The lowest BCUT2D eigenvalue weighted by Gasteiger charge is -2.31. The number of amides is 2. The second-order valence-electron chi connectivity index (χ2n) is 11.9. The van der Waals surface area contributed by atoms with E-state index in [2.05, 4.69) is 20.3 Å². The Hall–Kier alpha value is -3.70. The van der Waals surface area contributed by atoms with Crippen LogP contribution in [0.3, 0.4) is 0 Å². The van der Waals surface area contributed by atoms with Crippen molar-refractivity contribution in [3.63, 3.8) is 0 Å². The maximum Gasteiger partial charge on any atom is 0.420 e. The molecule has 4 rings (SSSR count). The van der Waals surface area contributed by atoms with Gasteiger partial charge in [-0.3, -0.25) is 5.32 Å². The fraction of sp³-hybridized carbons (Fsp3) is 0.483. The van der Waals surface area contributed by atoms with Crippen LogP contribution in [0.5, 0.6) is 0 Å². The van der Waals surface area contributed by atoms with Crippen molar-refractivity contribution < 1.29 is 24.2 Å². The highest BCUT2D eigenvalue weighted by Crippen LogP contribution is 2.32. The summed E-state index contributed by atoms with van der Waals surface area (Å²) in [7, 11) is 0. The van der Waals surface area contributed by atoms with Gasteiger partial charge in [-0.15, -0.1) is 0 Å². The van der Waals surface area contributed by atoms with Gasteiger partial charge in [0.15, 0.2) is 17.0 Å². The second kappa shape index (κ2) is 12.0. The van der Waals surface area contributed by atoms with Crippen molar-refractivity contribution in [2.75, 3.05) is 6.61 Å². The summed E-state index contributed by atoms with van der Waals surface area (Å²) >= 11 is 6.30. The van der Waals surface area contributed by atoms with Gasteiger partial charge >= 0.3 is 12.2 Å². The summed E-state index contributed by atoms with van der Waals surface area (Å²) in [6.07, 6.45) is 4.49. The Morgan fingerprint density at radius 1 is 1.07 bits per heavy atom. The summed E-state index contributed by atoms with van der Waals surface area (Å²) in [5, 5.41) is 14.6. The minimum absolute atomic E-state index is 0.0166. The van der Waals surface area contributed by atoms with Crippen LogP contribution >= 0.6 is 11.6 Å². The third-order valence-corrected chi connectivity index (χ3v) is 6.28. The quantitative estimate of drug-likeness (QED) is 0.290. The van der Waals surface area contributed by atoms with Crippen LogP contribution in [0.4, 0.5) is 15.4 Å². The van der Waals surface area contributed by atoms with Crippen LogP contribution in [0.1, 0.15) is 59.6 Å². The van der Waals surface area contributed by atoms with Crippen LogP contribution in [0.2, 0.25) is 5.28 Å². The van der Waals surface area contributed by atoms with Gasteiger partial charge < -0.3 is 19.1 Å². The molecular formula is C29H36ClN6O5. The predicted molar refractivity (Wildman–Crippen MR) is 154 cm³/mol. The minimum atomic E-state index is -0.805. The van der Waals surface area contributed by atoms with E-state index in [-0.39, 0.29) is 23.8 Å². The standard InChI is InChI=1S/C29H36ClN6O5/c1-28(2,3)40-26(38)36(27(39)41-29(4,5)6)21-13-12-20(15-21)35-17-31-22-23(33-25(30)34-24(22)35)32-19(16-37)14-18-10-8-7-9-11-18/h7-13,17,19-21,37H,14-16H2,1-6H3/t19-,20-,21+/m0/s1. The average molecular weight is 584 g/mol. The van der Waals surface area contributed by atoms with E-state index >= 15 is 0 Å². The largest absolute Gasteiger partial charge is 0.443 e. The van der Waals surface area contributed by atoms with Gasteiger partial charge in [0.25, 0.3) is 0 Å². The van der Waals surface area contributed by atoms with Crippen molar-refractivity contribution in [3.05, 3.63) is 59.7 Å². The van der Waals surface area contributed by atoms with Crippen LogP contribution in [-0.2, 0) is 15.9 Å². The molecule has 41 heavy (non-hydrogen) atoms. The molecule has 3 atom stereocenters. The van der Waals surface area contributed by atoms with Crippen molar-refractivity contribution in [1.82, 2.24) is 29.7 Å². The van der Waals surface area contributed by atoms with E-state index in [0.29, 0.717) is 24.0 Å². The Morgan fingerprint density at radius 3 is 2.29 bits per heavy atom. The zero-order valence-corrected chi connectivity index (χ0v) is 24.9. The minimum Gasteiger partial charge on any atom is -0.443 e. The van der Waals surface area contributed by atoms with E-state index in [0.717, 1.165) is 10.5 Å². The topological polar surface area (TPSA) is 134 Å². The molecule has 219 valence electrons. The summed E-state index contributed by atoms with van der Waals surface area (Å²) in [5.41, 5.74) is 0.282. The van der Waals surface area contributed by atoms with E-state index < -0.39 is 35.5 Å². The lowest BCUT2D eigenvalue weighted by atomic mass is 10.1. The third-order valence-electron chi connectivity index (χ3n) is 6.11. The second-order valence-corrected chi connectivity index (χ2v) is 12.2. The monoisotopic (exact) mass is 583 g/mol. The molecule has 1 aliphatic carbocycles. The molecule has 0 saturated heterocycles. The van der Waals surface area contributed by atoms with Crippen molar-refractivity contribution in [3.8, 4) is 0 Å². The highest BCUT2D eigenvalue weighted by atomic mass is 35.5. The van der Waals surface area contributed by atoms with E-state index in [9.17, 15) is 14.7 Å². The number of allylic oxidation sites excluding steroid dienone is 1. The number of halogens is 1. The maximum atomic E-state index is 13.1. The number of hydrogen-bond donors (Lipinski definition) is 1. The van der Waals surface area contributed by atoms with Gasteiger partial charge in [0.05, 0.1) is 31.1 Å². The molecule has 0 unspecified atom stereocenters. The molecule has 1 aliphatic rings. The van der Waals surface area contributed by atoms with Crippen molar-refractivity contribution >= 4 is 40.8 Å². The summed E-state index contributed by atoms with van der Waals surface area (Å²) in [5.74, 6) is 0.274. The van der Waals surface area contributed by atoms with Gasteiger partial charge in [0.2, 0.25) is 5.28 Å². The molecular weight excluding hydrogens is 548 g/mol. The van der Waals surface area contributed by atoms with Crippen molar-refractivity contribution in [2.24, 2.45) is 0 Å². The first-order valence-electron chi connectivity index (χ1n) is 13.4. The summed E-state index contributed by atoms with van der Waals surface area (Å²) in [4.78, 5) is 40.4. The number of imide groups is 1. The van der Waals surface area contributed by atoms with Gasteiger partial charge in [0.1, 0.15) is 11.2 Å². The van der Waals surface area contributed by atoms with E-state index in [1.165, 1.54) is 0 Å². The van der Waals surface area contributed by atoms with Gasteiger partial charge in [-0.2, -0.15) is 9.97 Å². The molecule has 1 aromatic carbocycles. The van der Waals surface area contributed by atoms with Crippen LogP contribution in [-0.4, -0.2) is 71.6 Å². The maximum absolute atomic E-state index is 13.1. The highest BCUT2D eigenvalue weighted by Gasteiger charge is 2.39. The smallest absolute Gasteiger partial charge is 0.420 e. The normalized spacial score (nSPS) is 17.9. The summed E-state index contributed by atoms with van der Waals surface area (Å²) < 4.78 is 12.9. The Balaban J connectivity index is 1.58. The number of nitrogens with zero attached hydrogens (tertiary/aromatic N) is 6. The number of benzene rings is 1. The number of aliphatic hydroxyl groups excluding tert-OH is 1. The van der Waals surface area contributed by atoms with Crippen LogP contribution in [0, 0.1) is 0 Å². The summed E-state index contributed by atoms with van der Waals surface area (Å²) in [6, 6.07) is 8.33. The molecule has 0 aliphatic heterocycles. The van der Waals surface area contributed by atoms with E-state index in [1.54, 1.807) is 58.5 Å². The van der Waals surface area contributed by atoms with Crippen molar-refractivity contribution in [1.29, 1.82) is 0 Å². The number of hydrogen-bond acceptors (Lipinski definition) is 8. The summed E-state index contributed by atoms with van der Waals surface area (Å²) in [6.45, 7) is 10.2. The lowest BCUT2D eigenvalue weighted by molar-refractivity contribution is -0.00401. The molecule has 0 spiro atoms. The van der Waals surface area contributed by atoms with Crippen LogP contribution < -0.4 is 5.32 Å². The first-order valence-corrected chi connectivity index (χ1v) is 13.8. The predicted octanol–water partition coefficient (Wildman–Crippen LogP) is 5.36.